The second kappa shape index (κ2) is 9.18. The van der Waals surface area contributed by atoms with Crippen molar-refractivity contribution in [3.8, 4) is 17.6 Å². The van der Waals surface area contributed by atoms with Gasteiger partial charge in [-0.1, -0.05) is 91.0 Å². The standard InChI is InChI=1S/C32H22N2O3/c33-19-28-31(26-14-6-10-21-8-2-4-13-25(21)26)27-16-15-23(18-29(27)37-32(28)34)36-30(35)17-22-11-5-9-20-7-1-3-12-24(20)22/h1-16,18,31H,17,34H2. The Morgan fingerprint density at radius 3 is 2.30 bits per heavy atom. The molecule has 0 aromatic heterocycles. The molecule has 0 saturated heterocycles. The van der Waals surface area contributed by atoms with Gasteiger partial charge in [-0.2, -0.15) is 5.26 Å². The highest BCUT2D eigenvalue weighted by molar-refractivity contribution is 5.90. The monoisotopic (exact) mass is 482 g/mol. The number of carbonyl (C=O) groups is 1. The normalized spacial score (nSPS) is 14.6. The van der Waals surface area contributed by atoms with Gasteiger partial charge in [0.25, 0.3) is 0 Å². The molecule has 0 amide bonds. The van der Waals surface area contributed by atoms with Crippen LogP contribution in [0.2, 0.25) is 0 Å². The number of nitrogens with zero attached hydrogens (tertiary/aromatic N) is 1. The van der Waals surface area contributed by atoms with E-state index in [4.69, 9.17) is 15.2 Å². The van der Waals surface area contributed by atoms with Crippen LogP contribution in [0, 0.1) is 11.3 Å². The Hall–Kier alpha value is -5.08. The first-order valence-electron chi connectivity index (χ1n) is 12.0. The van der Waals surface area contributed by atoms with Crippen LogP contribution in [-0.2, 0) is 11.2 Å². The Labute approximate surface area is 214 Å². The molecule has 178 valence electrons. The Bertz CT molecular complexity index is 1750. The van der Waals surface area contributed by atoms with E-state index >= 15 is 0 Å². The summed E-state index contributed by atoms with van der Waals surface area (Å²) in [6.07, 6.45) is 0.137. The fourth-order valence-electron chi connectivity index (χ4n) is 5.09. The van der Waals surface area contributed by atoms with E-state index in [2.05, 4.69) is 6.07 Å². The van der Waals surface area contributed by atoms with Gasteiger partial charge in [-0.15, -0.1) is 0 Å². The Morgan fingerprint density at radius 2 is 1.51 bits per heavy atom. The van der Waals surface area contributed by atoms with Gasteiger partial charge in [-0.25, -0.2) is 0 Å². The number of fused-ring (bicyclic) bond motifs is 3. The third-order valence-corrected chi connectivity index (χ3v) is 6.77. The maximum absolute atomic E-state index is 12.8. The Kier molecular flexibility index (Phi) is 5.55. The summed E-state index contributed by atoms with van der Waals surface area (Å²) in [7, 11) is 0. The lowest BCUT2D eigenvalue weighted by Gasteiger charge is -2.27. The van der Waals surface area contributed by atoms with E-state index in [0.29, 0.717) is 17.1 Å². The minimum absolute atomic E-state index is 0.0483. The lowest BCUT2D eigenvalue weighted by atomic mass is 9.81. The molecule has 0 fully saturated rings. The first kappa shape index (κ1) is 22.4. The van der Waals surface area contributed by atoms with Crippen molar-refractivity contribution in [2.24, 2.45) is 5.73 Å². The van der Waals surface area contributed by atoms with Crippen LogP contribution in [0.5, 0.6) is 11.5 Å². The van der Waals surface area contributed by atoms with Gasteiger partial charge >= 0.3 is 5.97 Å². The molecular weight excluding hydrogens is 460 g/mol. The van der Waals surface area contributed by atoms with E-state index in [1.54, 1.807) is 12.1 Å². The number of nitriles is 1. The lowest BCUT2D eigenvalue weighted by Crippen LogP contribution is -2.21. The highest BCUT2D eigenvalue weighted by Gasteiger charge is 2.32. The van der Waals surface area contributed by atoms with Gasteiger partial charge in [0.2, 0.25) is 5.88 Å². The van der Waals surface area contributed by atoms with Crippen LogP contribution in [0.1, 0.15) is 22.6 Å². The van der Waals surface area contributed by atoms with Gasteiger partial charge in [0.05, 0.1) is 12.3 Å². The molecule has 1 aliphatic rings. The first-order chi connectivity index (χ1) is 18.1. The number of benzene rings is 5. The molecule has 6 rings (SSSR count). The third-order valence-electron chi connectivity index (χ3n) is 6.77. The van der Waals surface area contributed by atoms with Crippen molar-refractivity contribution in [2.45, 2.75) is 12.3 Å². The smallest absolute Gasteiger partial charge is 0.315 e. The molecule has 5 aromatic carbocycles. The Morgan fingerprint density at radius 1 is 0.838 bits per heavy atom. The summed E-state index contributed by atoms with van der Waals surface area (Å²) in [5.41, 5.74) is 9.21. The zero-order chi connectivity index (χ0) is 25.4. The number of allylic oxidation sites excluding steroid dienone is 1. The molecule has 1 aliphatic heterocycles. The summed E-state index contributed by atoms with van der Waals surface area (Å²) in [6.45, 7) is 0. The van der Waals surface area contributed by atoms with Crippen LogP contribution >= 0.6 is 0 Å². The van der Waals surface area contributed by atoms with E-state index in [1.165, 1.54) is 0 Å². The molecule has 5 heteroatoms. The SMILES string of the molecule is N#CC1=C(N)Oc2cc(OC(=O)Cc3cccc4ccccc34)ccc2C1c1cccc2ccccc12. The number of hydrogen-bond donors (Lipinski definition) is 1. The molecule has 1 atom stereocenters. The minimum Gasteiger partial charge on any atom is -0.440 e. The second-order valence-corrected chi connectivity index (χ2v) is 8.98. The van der Waals surface area contributed by atoms with E-state index < -0.39 is 5.92 Å². The van der Waals surface area contributed by atoms with E-state index in [9.17, 15) is 10.1 Å². The highest BCUT2D eigenvalue weighted by Crippen LogP contribution is 2.45. The zero-order valence-corrected chi connectivity index (χ0v) is 19.8. The predicted molar refractivity (Wildman–Crippen MR) is 143 cm³/mol. The maximum atomic E-state index is 12.8. The van der Waals surface area contributed by atoms with Crippen LogP contribution in [0.15, 0.2) is 115 Å². The number of hydrogen-bond acceptors (Lipinski definition) is 5. The van der Waals surface area contributed by atoms with Gasteiger partial charge in [0.15, 0.2) is 0 Å². The molecule has 0 bridgehead atoms. The van der Waals surface area contributed by atoms with Crippen molar-refractivity contribution < 1.29 is 14.3 Å². The molecule has 1 heterocycles. The molecule has 2 N–H and O–H groups in total. The van der Waals surface area contributed by atoms with E-state index in [-0.39, 0.29) is 18.3 Å². The number of carbonyl (C=O) groups excluding carboxylic acids is 1. The summed E-state index contributed by atoms with van der Waals surface area (Å²) >= 11 is 0. The van der Waals surface area contributed by atoms with Crippen LogP contribution in [-0.4, -0.2) is 5.97 Å². The quantitative estimate of drug-likeness (QED) is 0.238. The van der Waals surface area contributed by atoms with Gasteiger partial charge in [0.1, 0.15) is 23.1 Å². The van der Waals surface area contributed by atoms with Gasteiger partial charge in [0, 0.05) is 11.6 Å². The number of esters is 1. The van der Waals surface area contributed by atoms with E-state index in [0.717, 1.165) is 38.2 Å². The predicted octanol–water partition coefficient (Wildman–Crippen LogP) is 6.36. The highest BCUT2D eigenvalue weighted by atomic mass is 16.5. The summed E-state index contributed by atoms with van der Waals surface area (Å²) in [5.74, 6) is 0.0881. The average Bonchev–Trinajstić information content (AvgIpc) is 2.92. The number of ether oxygens (including phenoxy) is 2. The first-order valence-corrected chi connectivity index (χ1v) is 12.0. The van der Waals surface area contributed by atoms with Crippen molar-refractivity contribution in [3.63, 3.8) is 0 Å². The zero-order valence-electron chi connectivity index (χ0n) is 19.8. The summed E-state index contributed by atoms with van der Waals surface area (Å²) in [5, 5.41) is 14.1. The van der Waals surface area contributed by atoms with Crippen LogP contribution in [0.3, 0.4) is 0 Å². The van der Waals surface area contributed by atoms with E-state index in [1.807, 2.05) is 91.0 Å². The third kappa shape index (κ3) is 4.05. The molecule has 1 unspecified atom stereocenters. The largest absolute Gasteiger partial charge is 0.440 e. The fourth-order valence-corrected chi connectivity index (χ4v) is 5.09. The maximum Gasteiger partial charge on any atom is 0.315 e. The molecular formula is C32H22N2O3. The molecule has 5 aromatic rings. The molecule has 37 heavy (non-hydrogen) atoms. The summed E-state index contributed by atoms with van der Waals surface area (Å²) < 4.78 is 11.5. The number of nitrogens with two attached hydrogens (primary N) is 1. The Balaban J connectivity index is 1.33. The van der Waals surface area contributed by atoms with Crippen LogP contribution in [0.4, 0.5) is 0 Å². The average molecular weight is 483 g/mol. The van der Waals surface area contributed by atoms with Crippen molar-refractivity contribution in [2.75, 3.05) is 0 Å². The number of rotatable bonds is 4. The second-order valence-electron chi connectivity index (χ2n) is 8.98. The fraction of sp³-hybridized carbons (Fsp3) is 0.0625. The van der Waals surface area contributed by atoms with Crippen molar-refractivity contribution in [1.82, 2.24) is 0 Å². The lowest BCUT2D eigenvalue weighted by molar-refractivity contribution is -0.133. The summed E-state index contributed by atoms with van der Waals surface area (Å²) in [6, 6.07) is 35.4. The van der Waals surface area contributed by atoms with Crippen molar-refractivity contribution >= 4 is 27.5 Å². The van der Waals surface area contributed by atoms with Crippen molar-refractivity contribution in [3.05, 3.63) is 131 Å². The van der Waals surface area contributed by atoms with Crippen molar-refractivity contribution in [1.29, 1.82) is 5.26 Å². The molecule has 0 radical (unpaired) electrons. The molecule has 0 saturated carbocycles. The molecule has 0 spiro atoms. The minimum atomic E-state index is -0.403. The summed E-state index contributed by atoms with van der Waals surface area (Å²) in [4.78, 5) is 12.8. The van der Waals surface area contributed by atoms with Gasteiger partial charge in [-0.3, -0.25) is 4.79 Å². The molecule has 0 aliphatic carbocycles. The van der Waals surface area contributed by atoms with Crippen LogP contribution < -0.4 is 15.2 Å². The topological polar surface area (TPSA) is 85.3 Å². The van der Waals surface area contributed by atoms with Gasteiger partial charge < -0.3 is 15.2 Å². The van der Waals surface area contributed by atoms with Crippen LogP contribution in [0.25, 0.3) is 21.5 Å². The molecule has 5 nitrogen and oxygen atoms in total. The van der Waals surface area contributed by atoms with Gasteiger partial charge in [-0.05, 0) is 38.7 Å².